The van der Waals surface area contributed by atoms with Crippen LogP contribution in [-0.2, 0) is 11.1 Å². The predicted octanol–water partition coefficient (Wildman–Crippen LogP) is 0.733. The van der Waals surface area contributed by atoms with Crippen molar-refractivity contribution in [1.82, 2.24) is 9.80 Å². The summed E-state index contributed by atoms with van der Waals surface area (Å²) in [6.45, 7) is 8.47. The van der Waals surface area contributed by atoms with Crippen LogP contribution in [0.3, 0.4) is 0 Å². The van der Waals surface area contributed by atoms with E-state index in [0.717, 1.165) is 26.2 Å². The molecule has 4 unspecified atom stereocenters. The third-order valence-electron chi connectivity index (χ3n) is 5.05. The molecule has 2 N–H and O–H groups in total. The molecule has 4 nitrogen and oxygen atoms in total. The average Bonchev–Trinajstić information content (AvgIpc) is 3.30. The van der Waals surface area contributed by atoms with Crippen LogP contribution in [0.2, 0.25) is 0 Å². The maximum absolute atomic E-state index is 9.03. The highest BCUT2D eigenvalue weighted by Crippen LogP contribution is 2.45. The fourth-order valence-corrected chi connectivity index (χ4v) is 3.30. The Labute approximate surface area is 120 Å². The number of rotatable bonds is 6. The van der Waals surface area contributed by atoms with Gasteiger partial charge in [-0.2, -0.15) is 0 Å². The summed E-state index contributed by atoms with van der Waals surface area (Å²) < 4.78 is 0. The van der Waals surface area contributed by atoms with Crippen LogP contribution in [0.4, 0.5) is 0 Å². The first-order valence-corrected chi connectivity index (χ1v) is 7.37. The number of β-amino-alcohol motifs (C(OH)–C–C–N with tert-alkyl or cyclic N) is 2. The molecule has 1 aromatic carbocycles. The molecule has 2 aliphatic rings. The maximum atomic E-state index is 9.03. The second-order valence-electron chi connectivity index (χ2n) is 6.42. The van der Waals surface area contributed by atoms with Gasteiger partial charge in [-0.3, -0.25) is 9.80 Å². The molecule has 0 amide bonds. The van der Waals surface area contributed by atoms with Crippen LogP contribution in [0.5, 0.6) is 0 Å². The largest absolute Gasteiger partial charge is 0.395 e. The van der Waals surface area contributed by atoms with Crippen molar-refractivity contribution in [2.45, 2.75) is 24.9 Å². The highest BCUT2D eigenvalue weighted by molar-refractivity contribution is 5.38. The van der Waals surface area contributed by atoms with Gasteiger partial charge in [0.2, 0.25) is 0 Å². The Morgan fingerprint density at radius 1 is 0.850 bits per heavy atom. The van der Waals surface area contributed by atoms with Crippen molar-refractivity contribution in [2.75, 3.05) is 39.4 Å². The standard InChI is InChI=1S/C16H24N2O2/c1-15(11-17(15)7-9-19)13-3-5-14(6-4-13)16(2)12-18(16)8-10-20/h3-6,19-20H,7-12H2,1-2H3. The third kappa shape index (κ3) is 2.17. The zero-order chi connectivity index (χ0) is 14.4. The highest BCUT2D eigenvalue weighted by atomic mass is 16.3. The number of benzene rings is 1. The molecule has 20 heavy (non-hydrogen) atoms. The van der Waals surface area contributed by atoms with Crippen LogP contribution in [0, 0.1) is 0 Å². The number of aliphatic hydroxyl groups excluding tert-OH is 2. The van der Waals surface area contributed by atoms with E-state index in [-0.39, 0.29) is 24.3 Å². The van der Waals surface area contributed by atoms with E-state index in [9.17, 15) is 0 Å². The second kappa shape index (κ2) is 4.81. The summed E-state index contributed by atoms with van der Waals surface area (Å²) in [6.07, 6.45) is 0. The Kier molecular flexibility index (Phi) is 3.37. The van der Waals surface area contributed by atoms with E-state index in [1.165, 1.54) is 11.1 Å². The van der Waals surface area contributed by atoms with Gasteiger partial charge < -0.3 is 10.2 Å². The van der Waals surface area contributed by atoms with Gasteiger partial charge in [0.05, 0.1) is 24.3 Å². The van der Waals surface area contributed by atoms with Gasteiger partial charge >= 0.3 is 0 Å². The van der Waals surface area contributed by atoms with E-state index in [4.69, 9.17) is 10.2 Å². The van der Waals surface area contributed by atoms with E-state index >= 15 is 0 Å². The van der Waals surface area contributed by atoms with Gasteiger partial charge in [-0.15, -0.1) is 0 Å². The van der Waals surface area contributed by atoms with Gasteiger partial charge in [-0.25, -0.2) is 0 Å². The molecule has 1 aromatic rings. The summed E-state index contributed by atoms with van der Waals surface area (Å²) in [5.74, 6) is 0. The van der Waals surface area contributed by atoms with Crippen molar-refractivity contribution in [3.05, 3.63) is 35.4 Å². The van der Waals surface area contributed by atoms with Crippen molar-refractivity contribution in [3.63, 3.8) is 0 Å². The molecule has 2 aliphatic heterocycles. The molecule has 0 aliphatic carbocycles. The lowest BCUT2D eigenvalue weighted by atomic mass is 9.95. The monoisotopic (exact) mass is 276 g/mol. The summed E-state index contributed by atoms with van der Waals surface area (Å²) in [4.78, 5) is 4.58. The van der Waals surface area contributed by atoms with E-state index in [0.29, 0.717) is 0 Å². The summed E-state index contributed by atoms with van der Waals surface area (Å²) in [5, 5.41) is 18.1. The van der Waals surface area contributed by atoms with Crippen molar-refractivity contribution >= 4 is 0 Å². The van der Waals surface area contributed by atoms with Gasteiger partial charge in [0.15, 0.2) is 0 Å². The SMILES string of the molecule is CC1(c2ccc(C3(C)CN3CCO)cc2)CN1CCO. The smallest absolute Gasteiger partial charge is 0.0561 e. The first kappa shape index (κ1) is 14.0. The lowest BCUT2D eigenvalue weighted by Gasteiger charge is -2.16. The number of hydrogen-bond acceptors (Lipinski definition) is 4. The fourth-order valence-electron chi connectivity index (χ4n) is 3.30. The molecule has 4 atom stereocenters. The van der Waals surface area contributed by atoms with E-state index in [1.54, 1.807) is 0 Å². The Bertz CT molecular complexity index is 445. The summed E-state index contributed by atoms with van der Waals surface area (Å²) >= 11 is 0. The maximum Gasteiger partial charge on any atom is 0.0561 e. The van der Waals surface area contributed by atoms with Gasteiger partial charge in [0.25, 0.3) is 0 Å². The first-order valence-electron chi connectivity index (χ1n) is 7.37. The van der Waals surface area contributed by atoms with Gasteiger partial charge in [0, 0.05) is 26.2 Å². The minimum absolute atomic E-state index is 0.108. The van der Waals surface area contributed by atoms with Crippen molar-refractivity contribution in [2.24, 2.45) is 0 Å². The first-order chi connectivity index (χ1) is 9.54. The highest BCUT2D eigenvalue weighted by Gasteiger charge is 2.50. The average molecular weight is 276 g/mol. The zero-order valence-electron chi connectivity index (χ0n) is 12.3. The Balaban J connectivity index is 1.70. The molecule has 2 fully saturated rings. The van der Waals surface area contributed by atoms with Crippen LogP contribution < -0.4 is 0 Å². The van der Waals surface area contributed by atoms with Crippen LogP contribution in [0.1, 0.15) is 25.0 Å². The molecular weight excluding hydrogens is 252 g/mol. The van der Waals surface area contributed by atoms with Crippen LogP contribution in [0.25, 0.3) is 0 Å². The predicted molar refractivity (Wildman–Crippen MR) is 78.5 cm³/mol. The molecule has 2 saturated heterocycles. The Hall–Kier alpha value is -0.940. The fraction of sp³-hybridized carbons (Fsp3) is 0.625. The molecule has 3 rings (SSSR count). The van der Waals surface area contributed by atoms with E-state index < -0.39 is 0 Å². The molecule has 0 bridgehead atoms. The van der Waals surface area contributed by atoms with Crippen molar-refractivity contribution < 1.29 is 10.2 Å². The quantitative estimate of drug-likeness (QED) is 0.752. The molecule has 4 heteroatoms. The number of nitrogens with zero attached hydrogens (tertiary/aromatic N) is 2. The van der Waals surface area contributed by atoms with Crippen molar-refractivity contribution in [3.8, 4) is 0 Å². The Morgan fingerprint density at radius 2 is 1.20 bits per heavy atom. The molecule has 0 radical (unpaired) electrons. The van der Waals surface area contributed by atoms with E-state index in [1.807, 2.05) is 0 Å². The zero-order valence-corrected chi connectivity index (χ0v) is 12.3. The minimum atomic E-state index is 0.108. The van der Waals surface area contributed by atoms with Gasteiger partial charge in [-0.05, 0) is 25.0 Å². The van der Waals surface area contributed by atoms with Crippen molar-refractivity contribution in [1.29, 1.82) is 0 Å². The molecule has 0 aromatic heterocycles. The minimum Gasteiger partial charge on any atom is -0.395 e. The normalized spacial score (nSPS) is 38.8. The molecular formula is C16H24N2O2. The Morgan fingerprint density at radius 3 is 1.50 bits per heavy atom. The van der Waals surface area contributed by atoms with Crippen LogP contribution in [-0.4, -0.2) is 59.4 Å². The van der Waals surface area contributed by atoms with Gasteiger partial charge in [-0.1, -0.05) is 24.3 Å². The van der Waals surface area contributed by atoms with Crippen LogP contribution in [0.15, 0.2) is 24.3 Å². The summed E-state index contributed by atoms with van der Waals surface area (Å²) in [6, 6.07) is 8.86. The lowest BCUT2D eigenvalue weighted by molar-refractivity contribution is 0.253. The number of hydrogen-bond donors (Lipinski definition) is 2. The molecule has 0 spiro atoms. The van der Waals surface area contributed by atoms with E-state index in [2.05, 4.69) is 47.9 Å². The second-order valence-corrected chi connectivity index (χ2v) is 6.42. The lowest BCUT2D eigenvalue weighted by Crippen LogP contribution is -2.17. The number of aliphatic hydroxyl groups is 2. The topological polar surface area (TPSA) is 46.5 Å². The molecule has 110 valence electrons. The summed E-state index contributed by atoms with van der Waals surface area (Å²) in [5.41, 5.74) is 2.87. The molecule has 0 saturated carbocycles. The summed E-state index contributed by atoms with van der Waals surface area (Å²) in [7, 11) is 0. The molecule has 2 heterocycles. The third-order valence-corrected chi connectivity index (χ3v) is 5.05. The van der Waals surface area contributed by atoms with Gasteiger partial charge in [0.1, 0.15) is 0 Å². The van der Waals surface area contributed by atoms with Crippen LogP contribution >= 0.6 is 0 Å².